The molecule has 0 saturated carbocycles. The number of hydroxylamine groups is 2. The van der Waals surface area contributed by atoms with Crippen LogP contribution in [-0.2, 0) is 6.54 Å². The molecule has 1 heterocycles. The van der Waals surface area contributed by atoms with Crippen LogP contribution < -0.4 is 0 Å². The van der Waals surface area contributed by atoms with Gasteiger partial charge in [0.15, 0.2) is 0 Å². The molecule has 0 bridgehead atoms. The van der Waals surface area contributed by atoms with Crippen molar-refractivity contribution in [1.29, 1.82) is 0 Å². The van der Waals surface area contributed by atoms with Gasteiger partial charge in [-0.15, -0.1) is 0 Å². The Hall–Kier alpha value is -1.55. The van der Waals surface area contributed by atoms with E-state index in [1.165, 1.54) is 0 Å². The molecular formula is C10H12N2O2. The number of hydrogen-bond donors (Lipinski definition) is 1. The Balaban J connectivity index is 2.02. The van der Waals surface area contributed by atoms with Crippen LogP contribution in [0, 0.1) is 0 Å². The van der Waals surface area contributed by atoms with Gasteiger partial charge in [0.1, 0.15) is 0 Å². The number of amides is 2. The first-order valence-electron chi connectivity index (χ1n) is 4.56. The number of rotatable bonds is 2. The fourth-order valence-electron chi connectivity index (χ4n) is 1.52. The molecule has 0 atom stereocenters. The summed E-state index contributed by atoms with van der Waals surface area (Å²) >= 11 is 0. The fraction of sp³-hybridized carbons (Fsp3) is 0.300. The maximum atomic E-state index is 11.3. The lowest BCUT2D eigenvalue weighted by Crippen LogP contribution is -2.29. The predicted molar refractivity (Wildman–Crippen MR) is 50.7 cm³/mol. The molecule has 0 aromatic heterocycles. The van der Waals surface area contributed by atoms with E-state index in [9.17, 15) is 4.79 Å². The molecule has 0 unspecified atom stereocenters. The molecule has 1 fully saturated rings. The number of carbonyl (C=O) groups excluding carboxylic acids is 1. The van der Waals surface area contributed by atoms with E-state index < -0.39 is 0 Å². The zero-order chi connectivity index (χ0) is 9.97. The summed E-state index contributed by atoms with van der Waals surface area (Å²) in [6.07, 6.45) is 0. The first-order chi connectivity index (χ1) is 6.77. The summed E-state index contributed by atoms with van der Waals surface area (Å²) in [6, 6.07) is 9.43. The molecule has 4 nitrogen and oxygen atoms in total. The van der Waals surface area contributed by atoms with E-state index in [2.05, 4.69) is 0 Å². The number of hydrogen-bond acceptors (Lipinski definition) is 2. The molecule has 0 spiro atoms. The van der Waals surface area contributed by atoms with E-state index in [0.29, 0.717) is 19.6 Å². The van der Waals surface area contributed by atoms with Gasteiger partial charge in [0.2, 0.25) is 0 Å². The van der Waals surface area contributed by atoms with E-state index in [4.69, 9.17) is 5.21 Å². The van der Waals surface area contributed by atoms with Crippen molar-refractivity contribution in [2.24, 2.45) is 0 Å². The van der Waals surface area contributed by atoms with Gasteiger partial charge in [0.05, 0.1) is 6.54 Å². The molecule has 1 saturated heterocycles. The second-order valence-corrected chi connectivity index (χ2v) is 3.31. The van der Waals surface area contributed by atoms with Gasteiger partial charge >= 0.3 is 6.03 Å². The monoisotopic (exact) mass is 192 g/mol. The number of nitrogens with zero attached hydrogens (tertiary/aromatic N) is 2. The molecule has 1 aliphatic heterocycles. The molecule has 0 radical (unpaired) electrons. The van der Waals surface area contributed by atoms with E-state index in [1.807, 2.05) is 30.3 Å². The maximum Gasteiger partial charge on any atom is 0.344 e. The van der Waals surface area contributed by atoms with E-state index >= 15 is 0 Å². The Kier molecular flexibility index (Phi) is 2.37. The molecule has 1 aromatic rings. The molecule has 1 aromatic carbocycles. The minimum Gasteiger partial charge on any atom is -0.317 e. The summed E-state index contributed by atoms with van der Waals surface area (Å²) < 4.78 is 0. The fourth-order valence-corrected chi connectivity index (χ4v) is 1.52. The quantitative estimate of drug-likeness (QED) is 0.718. The topological polar surface area (TPSA) is 43.8 Å². The van der Waals surface area contributed by atoms with Gasteiger partial charge in [-0.05, 0) is 5.56 Å². The van der Waals surface area contributed by atoms with Gasteiger partial charge in [-0.2, -0.15) is 0 Å². The molecule has 14 heavy (non-hydrogen) atoms. The summed E-state index contributed by atoms with van der Waals surface area (Å²) in [7, 11) is 0. The Morgan fingerprint density at radius 2 is 1.93 bits per heavy atom. The van der Waals surface area contributed by atoms with Crippen LogP contribution in [0.5, 0.6) is 0 Å². The SMILES string of the molecule is O=C1N(O)CCN1Cc1ccccc1. The third-order valence-electron chi connectivity index (χ3n) is 2.29. The summed E-state index contributed by atoms with van der Waals surface area (Å²) in [4.78, 5) is 12.9. The van der Waals surface area contributed by atoms with E-state index in [-0.39, 0.29) is 6.03 Å². The van der Waals surface area contributed by atoms with Crippen LogP contribution >= 0.6 is 0 Å². The van der Waals surface area contributed by atoms with Crippen LogP contribution in [0.25, 0.3) is 0 Å². The Bertz CT molecular complexity index is 326. The highest BCUT2D eigenvalue weighted by atomic mass is 16.5. The predicted octanol–water partition coefficient (Wildman–Crippen LogP) is 1.31. The van der Waals surface area contributed by atoms with Gasteiger partial charge in [-0.3, -0.25) is 5.21 Å². The van der Waals surface area contributed by atoms with Crippen molar-refractivity contribution in [3.8, 4) is 0 Å². The average Bonchev–Trinajstić information content (AvgIpc) is 2.52. The van der Waals surface area contributed by atoms with E-state index in [0.717, 1.165) is 10.6 Å². The zero-order valence-corrected chi connectivity index (χ0v) is 7.76. The second-order valence-electron chi connectivity index (χ2n) is 3.31. The van der Waals surface area contributed by atoms with Crippen LogP contribution in [0.1, 0.15) is 5.56 Å². The number of benzene rings is 1. The normalized spacial score (nSPS) is 16.5. The molecule has 1 aliphatic rings. The first-order valence-corrected chi connectivity index (χ1v) is 4.56. The molecule has 74 valence electrons. The van der Waals surface area contributed by atoms with Crippen molar-refractivity contribution in [1.82, 2.24) is 9.96 Å². The lowest BCUT2D eigenvalue weighted by atomic mass is 10.2. The zero-order valence-electron chi connectivity index (χ0n) is 7.76. The van der Waals surface area contributed by atoms with Crippen molar-refractivity contribution < 1.29 is 10.0 Å². The molecular weight excluding hydrogens is 180 g/mol. The standard InChI is InChI=1S/C10H12N2O2/c13-10-11(6-7-12(10)14)8-9-4-2-1-3-5-9/h1-5,14H,6-8H2. The first kappa shape index (κ1) is 9.02. The Morgan fingerprint density at radius 1 is 1.21 bits per heavy atom. The number of urea groups is 1. The summed E-state index contributed by atoms with van der Waals surface area (Å²) in [5.41, 5.74) is 1.08. The van der Waals surface area contributed by atoms with Gasteiger partial charge < -0.3 is 4.90 Å². The highest BCUT2D eigenvalue weighted by molar-refractivity contribution is 5.75. The number of carbonyl (C=O) groups is 1. The average molecular weight is 192 g/mol. The third kappa shape index (κ3) is 1.70. The van der Waals surface area contributed by atoms with Crippen LogP contribution in [0.3, 0.4) is 0 Å². The third-order valence-corrected chi connectivity index (χ3v) is 2.29. The minimum absolute atomic E-state index is 0.311. The van der Waals surface area contributed by atoms with Gasteiger partial charge in [0, 0.05) is 13.1 Å². The lowest BCUT2D eigenvalue weighted by molar-refractivity contribution is -0.0268. The summed E-state index contributed by atoms with van der Waals surface area (Å²) in [5.74, 6) is 0. The molecule has 2 amide bonds. The van der Waals surface area contributed by atoms with Crippen LogP contribution in [-0.4, -0.2) is 34.3 Å². The van der Waals surface area contributed by atoms with Crippen molar-refractivity contribution >= 4 is 6.03 Å². The van der Waals surface area contributed by atoms with Crippen molar-refractivity contribution in [2.45, 2.75) is 6.54 Å². The van der Waals surface area contributed by atoms with E-state index in [1.54, 1.807) is 4.90 Å². The largest absolute Gasteiger partial charge is 0.344 e. The van der Waals surface area contributed by atoms with Crippen LogP contribution in [0.4, 0.5) is 4.79 Å². The van der Waals surface area contributed by atoms with Crippen LogP contribution in [0.2, 0.25) is 0 Å². The van der Waals surface area contributed by atoms with Gasteiger partial charge in [0.25, 0.3) is 0 Å². The minimum atomic E-state index is -0.311. The smallest absolute Gasteiger partial charge is 0.317 e. The van der Waals surface area contributed by atoms with Gasteiger partial charge in [-0.1, -0.05) is 30.3 Å². The van der Waals surface area contributed by atoms with Crippen molar-refractivity contribution in [3.05, 3.63) is 35.9 Å². The molecule has 1 N–H and O–H groups in total. The molecule has 4 heteroatoms. The van der Waals surface area contributed by atoms with Crippen molar-refractivity contribution in [2.75, 3.05) is 13.1 Å². The Labute approximate surface area is 82.3 Å². The second kappa shape index (κ2) is 3.67. The Morgan fingerprint density at radius 3 is 2.50 bits per heavy atom. The van der Waals surface area contributed by atoms with Crippen LogP contribution in [0.15, 0.2) is 30.3 Å². The lowest BCUT2D eigenvalue weighted by Gasteiger charge is -2.14. The molecule has 2 rings (SSSR count). The highest BCUT2D eigenvalue weighted by Crippen LogP contribution is 2.10. The van der Waals surface area contributed by atoms with Crippen molar-refractivity contribution in [3.63, 3.8) is 0 Å². The van der Waals surface area contributed by atoms with Gasteiger partial charge in [-0.25, -0.2) is 9.86 Å². The summed E-state index contributed by atoms with van der Waals surface area (Å²) in [5, 5.41) is 9.84. The maximum absolute atomic E-state index is 11.3. The molecule has 0 aliphatic carbocycles. The summed E-state index contributed by atoms with van der Waals surface area (Å²) in [6.45, 7) is 1.55. The highest BCUT2D eigenvalue weighted by Gasteiger charge is 2.26.